The number of hydrogen-bond acceptors (Lipinski definition) is 8. The fourth-order valence-corrected chi connectivity index (χ4v) is 3.68. The molecular weight excluding hydrogens is 372 g/mol. The Morgan fingerprint density at radius 1 is 0.966 bits per heavy atom. The minimum Gasteiger partial charge on any atom is -0.466 e. The van der Waals surface area contributed by atoms with Crippen LogP contribution in [0.25, 0.3) is 11.3 Å². The summed E-state index contributed by atoms with van der Waals surface area (Å²) in [6, 6.07) is 10.9. The summed E-state index contributed by atoms with van der Waals surface area (Å²) in [5, 5.41) is 18.8. The molecule has 1 aliphatic carbocycles. The molecule has 0 unspecified atom stereocenters. The second-order valence-corrected chi connectivity index (χ2v) is 6.43. The summed E-state index contributed by atoms with van der Waals surface area (Å²) in [5.41, 5.74) is 0.539. The van der Waals surface area contributed by atoms with Gasteiger partial charge in [0.1, 0.15) is 12.1 Å². The lowest BCUT2D eigenvalue weighted by atomic mass is 9.75. The smallest absolute Gasteiger partial charge is 0.307 e. The van der Waals surface area contributed by atoms with E-state index in [2.05, 4.69) is 9.97 Å². The number of esters is 2. The van der Waals surface area contributed by atoms with Crippen LogP contribution in [0.15, 0.2) is 24.3 Å². The molecule has 29 heavy (non-hydrogen) atoms. The van der Waals surface area contributed by atoms with Crippen molar-refractivity contribution in [2.24, 2.45) is 0 Å². The number of benzene rings is 1. The van der Waals surface area contributed by atoms with Crippen LogP contribution < -0.4 is 0 Å². The third-order valence-electron chi connectivity index (χ3n) is 4.76. The van der Waals surface area contributed by atoms with E-state index >= 15 is 0 Å². The van der Waals surface area contributed by atoms with Crippen LogP contribution in [0, 0.1) is 22.7 Å². The zero-order valence-electron chi connectivity index (χ0n) is 16.1. The fraction of sp³-hybridized carbons (Fsp3) is 0.333. The van der Waals surface area contributed by atoms with E-state index in [1.807, 2.05) is 12.1 Å². The van der Waals surface area contributed by atoms with Crippen LogP contribution in [0.5, 0.6) is 0 Å². The minimum absolute atomic E-state index is 0.107. The lowest BCUT2D eigenvalue weighted by Gasteiger charge is -2.29. The van der Waals surface area contributed by atoms with Crippen molar-refractivity contribution in [1.29, 1.82) is 10.5 Å². The van der Waals surface area contributed by atoms with Gasteiger partial charge in [0.2, 0.25) is 0 Å². The Balaban J connectivity index is 2.30. The molecule has 8 nitrogen and oxygen atoms in total. The van der Waals surface area contributed by atoms with Gasteiger partial charge in [-0.05, 0) is 19.4 Å². The highest BCUT2D eigenvalue weighted by molar-refractivity contribution is 5.86. The molecule has 1 aromatic carbocycles. The first-order valence-corrected chi connectivity index (χ1v) is 9.14. The van der Waals surface area contributed by atoms with Crippen molar-refractivity contribution < 1.29 is 19.1 Å². The Morgan fingerprint density at radius 3 is 2.07 bits per heavy atom. The van der Waals surface area contributed by atoms with Gasteiger partial charge in [0.05, 0.1) is 42.9 Å². The number of aromatic nitrogens is 2. The van der Waals surface area contributed by atoms with Crippen LogP contribution >= 0.6 is 0 Å². The summed E-state index contributed by atoms with van der Waals surface area (Å²) in [6.45, 7) is 3.76. The summed E-state index contributed by atoms with van der Waals surface area (Å²) in [4.78, 5) is 33.7. The lowest BCUT2D eigenvalue weighted by Crippen LogP contribution is -2.34. The largest absolute Gasteiger partial charge is 0.466 e. The number of nitrogens with zero attached hydrogens (tertiary/aromatic N) is 4. The molecule has 1 aromatic heterocycles. The number of carbonyl (C=O) groups excluding carboxylic acids is 2. The van der Waals surface area contributed by atoms with E-state index in [0.29, 0.717) is 22.5 Å². The van der Waals surface area contributed by atoms with E-state index in [0.717, 1.165) is 0 Å². The highest BCUT2D eigenvalue weighted by atomic mass is 16.5. The van der Waals surface area contributed by atoms with Crippen LogP contribution in [-0.2, 0) is 24.5 Å². The van der Waals surface area contributed by atoms with Gasteiger partial charge < -0.3 is 9.47 Å². The van der Waals surface area contributed by atoms with Gasteiger partial charge in [-0.25, -0.2) is 9.97 Å². The molecule has 0 aliphatic heterocycles. The molecule has 0 fully saturated rings. The van der Waals surface area contributed by atoms with Crippen molar-refractivity contribution in [2.75, 3.05) is 13.2 Å². The molecule has 0 bridgehead atoms. The van der Waals surface area contributed by atoms with Gasteiger partial charge in [0, 0.05) is 5.56 Å². The summed E-state index contributed by atoms with van der Waals surface area (Å²) < 4.78 is 10.3. The van der Waals surface area contributed by atoms with Crippen molar-refractivity contribution in [3.63, 3.8) is 0 Å². The molecule has 0 radical (unpaired) electrons. The second kappa shape index (κ2) is 8.07. The first-order chi connectivity index (χ1) is 14.0. The lowest BCUT2D eigenvalue weighted by molar-refractivity contribution is -0.147. The predicted molar refractivity (Wildman–Crippen MR) is 100 cm³/mol. The molecule has 0 N–H and O–H groups in total. The van der Waals surface area contributed by atoms with Gasteiger partial charge >= 0.3 is 11.9 Å². The zero-order chi connectivity index (χ0) is 21.0. The average Bonchev–Trinajstić information content (AvgIpc) is 2.96. The first kappa shape index (κ1) is 20.0. The number of rotatable bonds is 6. The molecular formula is C21H18N4O4. The maximum absolute atomic E-state index is 12.5. The minimum atomic E-state index is -1.20. The highest BCUT2D eigenvalue weighted by Crippen LogP contribution is 2.51. The molecule has 0 saturated carbocycles. The molecule has 0 amide bonds. The van der Waals surface area contributed by atoms with E-state index in [1.54, 1.807) is 38.1 Å². The second-order valence-electron chi connectivity index (χ2n) is 6.43. The van der Waals surface area contributed by atoms with Crippen molar-refractivity contribution in [1.82, 2.24) is 9.97 Å². The number of ether oxygens (including phenoxy) is 2. The maximum atomic E-state index is 12.5. The Hall–Kier alpha value is -3.78. The monoisotopic (exact) mass is 390 g/mol. The van der Waals surface area contributed by atoms with Gasteiger partial charge in [-0.1, -0.05) is 24.3 Å². The topological polar surface area (TPSA) is 126 Å². The van der Waals surface area contributed by atoms with Gasteiger partial charge in [0.25, 0.3) is 0 Å². The molecule has 0 atom stereocenters. The molecule has 8 heteroatoms. The number of fused-ring (bicyclic) bond motifs is 3. The van der Waals surface area contributed by atoms with Crippen molar-refractivity contribution in [2.45, 2.75) is 32.1 Å². The predicted octanol–water partition coefficient (Wildman–Crippen LogP) is 2.39. The Bertz CT molecular complexity index is 1050. The molecule has 146 valence electrons. The summed E-state index contributed by atoms with van der Waals surface area (Å²) in [6.07, 6.45) is -0.343. The zero-order valence-corrected chi connectivity index (χ0v) is 16.1. The Morgan fingerprint density at radius 2 is 1.52 bits per heavy atom. The molecule has 0 saturated heterocycles. The molecule has 0 spiro atoms. The van der Waals surface area contributed by atoms with Crippen LogP contribution in [0.1, 0.15) is 49.3 Å². The van der Waals surface area contributed by atoms with Crippen LogP contribution in [0.4, 0.5) is 0 Å². The third-order valence-corrected chi connectivity index (χ3v) is 4.76. The van der Waals surface area contributed by atoms with E-state index in [9.17, 15) is 20.1 Å². The number of nitriles is 2. The van der Waals surface area contributed by atoms with Gasteiger partial charge in [-0.15, -0.1) is 0 Å². The summed E-state index contributed by atoms with van der Waals surface area (Å²) in [5.74, 6) is -1.02. The quantitative estimate of drug-likeness (QED) is 0.688. The van der Waals surface area contributed by atoms with E-state index < -0.39 is 17.4 Å². The standard InChI is InChI=1S/C21H18N4O4/c1-3-28-17(26)9-21(10-18(27)29-4-2)14-8-6-5-7-13(14)19-20(21)25-16(12-23)15(11-22)24-19/h5-8H,3-4,9-10H2,1-2H3. The molecule has 2 aromatic rings. The SMILES string of the molecule is CCOC(=O)CC1(CC(=O)OCC)c2ccccc2-c2nc(C#N)c(C#N)nc21. The van der Waals surface area contributed by atoms with Crippen molar-refractivity contribution >= 4 is 11.9 Å². The van der Waals surface area contributed by atoms with Gasteiger partial charge in [-0.3, -0.25) is 9.59 Å². The van der Waals surface area contributed by atoms with E-state index in [1.165, 1.54) is 0 Å². The van der Waals surface area contributed by atoms with Crippen LogP contribution in [0.3, 0.4) is 0 Å². The summed E-state index contributed by atoms with van der Waals surface area (Å²) >= 11 is 0. The van der Waals surface area contributed by atoms with E-state index in [4.69, 9.17) is 9.47 Å². The van der Waals surface area contributed by atoms with Crippen molar-refractivity contribution in [3.8, 4) is 23.4 Å². The van der Waals surface area contributed by atoms with Crippen molar-refractivity contribution in [3.05, 3.63) is 46.9 Å². The number of hydrogen-bond donors (Lipinski definition) is 0. The van der Waals surface area contributed by atoms with Crippen LogP contribution in [0.2, 0.25) is 0 Å². The fourth-order valence-electron chi connectivity index (χ4n) is 3.68. The third kappa shape index (κ3) is 3.41. The molecule has 1 aliphatic rings. The Labute approximate surface area is 167 Å². The van der Waals surface area contributed by atoms with Gasteiger partial charge in [-0.2, -0.15) is 10.5 Å². The number of carbonyl (C=O) groups is 2. The highest BCUT2D eigenvalue weighted by Gasteiger charge is 2.49. The summed E-state index contributed by atoms with van der Waals surface area (Å²) in [7, 11) is 0. The van der Waals surface area contributed by atoms with Gasteiger partial charge in [0.15, 0.2) is 11.4 Å². The maximum Gasteiger partial charge on any atom is 0.307 e. The first-order valence-electron chi connectivity index (χ1n) is 9.14. The average molecular weight is 390 g/mol. The molecule has 3 rings (SSSR count). The van der Waals surface area contributed by atoms with E-state index in [-0.39, 0.29) is 37.4 Å². The van der Waals surface area contributed by atoms with Crippen LogP contribution in [-0.4, -0.2) is 35.1 Å². The molecule has 1 heterocycles. The Kier molecular flexibility index (Phi) is 5.56. The normalized spacial score (nSPS) is 12.8.